The molecule has 0 spiro atoms. The molecule has 3 aromatic rings. The Labute approximate surface area is 159 Å². The number of anilines is 4. The minimum atomic E-state index is -0.674. The zero-order valence-corrected chi connectivity index (χ0v) is 14.7. The summed E-state index contributed by atoms with van der Waals surface area (Å²) >= 11 is 0. The second kappa shape index (κ2) is 8.40. The molecule has 0 aliphatic heterocycles. The number of phenols is 1. The van der Waals surface area contributed by atoms with Gasteiger partial charge in [0.2, 0.25) is 23.6 Å². The first-order valence-electron chi connectivity index (χ1n) is 8.08. The number of hydrazone groups is 1. The highest BCUT2D eigenvalue weighted by molar-refractivity contribution is 5.85. The van der Waals surface area contributed by atoms with Crippen LogP contribution in [-0.2, 0) is 0 Å². The fraction of sp³-hybridized carbons (Fsp3) is 0.0588. The summed E-state index contributed by atoms with van der Waals surface area (Å²) in [4.78, 5) is 22.7. The molecule has 11 heteroatoms. The van der Waals surface area contributed by atoms with Gasteiger partial charge in [-0.3, -0.25) is 10.1 Å². The molecular weight excluding hydrogens is 364 g/mol. The quantitative estimate of drug-likeness (QED) is 0.275. The van der Waals surface area contributed by atoms with Gasteiger partial charge in [-0.05, 0) is 18.2 Å². The number of nitrogens with one attached hydrogen (secondary N) is 3. The Morgan fingerprint density at radius 1 is 1.04 bits per heavy atom. The summed E-state index contributed by atoms with van der Waals surface area (Å²) in [6, 6.07) is 13.5. The highest BCUT2D eigenvalue weighted by Gasteiger charge is 2.15. The van der Waals surface area contributed by atoms with Gasteiger partial charge >= 0.3 is 5.69 Å². The van der Waals surface area contributed by atoms with Gasteiger partial charge in [0.25, 0.3) is 0 Å². The Morgan fingerprint density at radius 2 is 1.75 bits per heavy atom. The van der Waals surface area contributed by atoms with Crippen molar-refractivity contribution in [1.29, 1.82) is 0 Å². The summed E-state index contributed by atoms with van der Waals surface area (Å²) in [6.07, 6.45) is 1.23. The van der Waals surface area contributed by atoms with E-state index in [-0.39, 0.29) is 11.5 Å². The Hall–Kier alpha value is -4.28. The predicted octanol–water partition coefficient (Wildman–Crippen LogP) is 2.72. The molecule has 0 radical (unpaired) electrons. The average Bonchev–Trinajstić information content (AvgIpc) is 2.69. The molecule has 0 bridgehead atoms. The highest BCUT2D eigenvalue weighted by Crippen LogP contribution is 2.28. The first kappa shape index (κ1) is 18.5. The third-order valence-corrected chi connectivity index (χ3v) is 3.50. The number of para-hydroxylation sites is 2. The summed E-state index contributed by atoms with van der Waals surface area (Å²) < 4.78 is 0. The lowest BCUT2D eigenvalue weighted by Gasteiger charge is -2.08. The van der Waals surface area contributed by atoms with Crippen molar-refractivity contribution in [3.8, 4) is 5.75 Å². The highest BCUT2D eigenvalue weighted by atomic mass is 16.6. The molecule has 142 valence electrons. The summed E-state index contributed by atoms with van der Waals surface area (Å²) in [5.74, 6) is 0.265. The van der Waals surface area contributed by atoms with Crippen LogP contribution in [0.1, 0.15) is 5.56 Å². The molecular formula is C17H16N8O3. The number of aromatic nitrogens is 3. The smallest absolute Gasteiger partial charge is 0.311 e. The van der Waals surface area contributed by atoms with Crippen molar-refractivity contribution in [1.82, 2.24) is 15.0 Å². The second-order valence-electron chi connectivity index (χ2n) is 5.39. The van der Waals surface area contributed by atoms with E-state index < -0.39 is 16.4 Å². The lowest BCUT2D eigenvalue weighted by atomic mass is 10.2. The third-order valence-electron chi connectivity index (χ3n) is 3.50. The van der Waals surface area contributed by atoms with Gasteiger partial charge in [0, 0.05) is 24.4 Å². The first-order valence-corrected chi connectivity index (χ1v) is 8.08. The maximum atomic E-state index is 10.9. The Morgan fingerprint density at radius 3 is 2.46 bits per heavy atom. The third kappa shape index (κ3) is 4.46. The number of hydrogen-bond donors (Lipinski definition) is 4. The predicted molar refractivity (Wildman–Crippen MR) is 105 cm³/mol. The molecule has 0 atom stereocenters. The van der Waals surface area contributed by atoms with Crippen LogP contribution in [0.5, 0.6) is 5.75 Å². The normalized spacial score (nSPS) is 10.6. The van der Waals surface area contributed by atoms with E-state index >= 15 is 0 Å². The van der Waals surface area contributed by atoms with E-state index in [1.54, 1.807) is 7.05 Å². The van der Waals surface area contributed by atoms with Gasteiger partial charge in [-0.2, -0.15) is 20.1 Å². The van der Waals surface area contributed by atoms with E-state index in [0.29, 0.717) is 11.9 Å². The van der Waals surface area contributed by atoms with Gasteiger partial charge < -0.3 is 15.7 Å². The van der Waals surface area contributed by atoms with Crippen LogP contribution in [0.25, 0.3) is 0 Å². The molecule has 0 saturated carbocycles. The van der Waals surface area contributed by atoms with Crippen molar-refractivity contribution in [3.63, 3.8) is 0 Å². The van der Waals surface area contributed by atoms with Crippen LogP contribution in [0.15, 0.2) is 53.6 Å². The van der Waals surface area contributed by atoms with Crippen molar-refractivity contribution in [2.24, 2.45) is 5.10 Å². The minimum Gasteiger partial charge on any atom is -0.502 e. The number of nitro benzene ring substituents is 1. The van der Waals surface area contributed by atoms with Crippen LogP contribution < -0.4 is 16.1 Å². The first-order chi connectivity index (χ1) is 13.6. The topological polar surface area (TPSA) is 150 Å². The monoisotopic (exact) mass is 380 g/mol. The average molecular weight is 380 g/mol. The molecule has 0 amide bonds. The maximum absolute atomic E-state index is 10.9. The fourth-order valence-corrected chi connectivity index (χ4v) is 2.20. The number of aromatic hydroxyl groups is 1. The largest absolute Gasteiger partial charge is 0.502 e. The summed E-state index contributed by atoms with van der Waals surface area (Å²) in [6.45, 7) is 0. The van der Waals surface area contributed by atoms with Gasteiger partial charge in [0.05, 0.1) is 11.1 Å². The zero-order valence-electron chi connectivity index (χ0n) is 14.7. The molecule has 1 heterocycles. The maximum Gasteiger partial charge on any atom is 0.311 e. The van der Waals surface area contributed by atoms with Gasteiger partial charge in [0.15, 0.2) is 0 Å². The second-order valence-corrected chi connectivity index (χ2v) is 5.39. The van der Waals surface area contributed by atoms with E-state index in [0.717, 1.165) is 5.69 Å². The Bertz CT molecular complexity index is 1010. The van der Waals surface area contributed by atoms with Gasteiger partial charge in [-0.25, -0.2) is 5.43 Å². The van der Waals surface area contributed by atoms with E-state index in [2.05, 4.69) is 36.1 Å². The molecule has 0 aliphatic rings. The molecule has 3 rings (SSSR count). The summed E-state index contributed by atoms with van der Waals surface area (Å²) in [5.41, 5.74) is 3.18. The van der Waals surface area contributed by atoms with Gasteiger partial charge in [-0.15, -0.1) is 0 Å². The molecule has 28 heavy (non-hydrogen) atoms. The van der Waals surface area contributed by atoms with Crippen molar-refractivity contribution in [2.45, 2.75) is 0 Å². The van der Waals surface area contributed by atoms with E-state index in [1.807, 2.05) is 30.3 Å². The molecule has 2 aromatic carbocycles. The van der Waals surface area contributed by atoms with Crippen LogP contribution in [0.2, 0.25) is 0 Å². The van der Waals surface area contributed by atoms with Crippen LogP contribution in [-0.4, -0.2) is 38.2 Å². The van der Waals surface area contributed by atoms with Crippen LogP contribution >= 0.6 is 0 Å². The van der Waals surface area contributed by atoms with E-state index in [1.165, 1.54) is 24.4 Å². The van der Waals surface area contributed by atoms with Crippen LogP contribution in [0.3, 0.4) is 0 Å². The zero-order chi connectivity index (χ0) is 19.9. The lowest BCUT2D eigenvalue weighted by molar-refractivity contribution is -0.385. The molecule has 4 N–H and O–H groups in total. The van der Waals surface area contributed by atoms with Crippen LogP contribution in [0.4, 0.5) is 29.2 Å². The van der Waals surface area contributed by atoms with Crippen LogP contribution in [0, 0.1) is 10.1 Å². The number of hydrogen-bond acceptors (Lipinski definition) is 10. The molecule has 0 saturated heterocycles. The number of rotatable bonds is 7. The van der Waals surface area contributed by atoms with Crippen molar-refractivity contribution >= 4 is 35.4 Å². The van der Waals surface area contributed by atoms with E-state index in [4.69, 9.17) is 0 Å². The number of nitro groups is 1. The van der Waals surface area contributed by atoms with E-state index in [9.17, 15) is 15.2 Å². The fourth-order valence-electron chi connectivity index (χ4n) is 2.20. The minimum absolute atomic E-state index is 0.138. The molecule has 11 nitrogen and oxygen atoms in total. The Kier molecular flexibility index (Phi) is 5.55. The summed E-state index contributed by atoms with van der Waals surface area (Å²) in [5, 5.41) is 30.6. The standard InChI is InChI=1S/C17H16N8O3/c1-18-15-21-16(20-12-7-3-2-4-8-12)23-17(22-15)24-19-10-11-6-5-9-13(14(11)26)25(27)28/h2-10,26H,1H3,(H3,18,20,21,22,23,24)/b19-10+. The molecule has 1 aromatic heterocycles. The number of phenolic OH excluding ortho intramolecular Hbond substituents is 1. The molecule has 0 fully saturated rings. The van der Waals surface area contributed by atoms with Crippen molar-refractivity contribution in [2.75, 3.05) is 23.1 Å². The SMILES string of the molecule is CNc1nc(N/N=C/c2cccc([N+](=O)[O-])c2O)nc(Nc2ccccc2)n1. The lowest BCUT2D eigenvalue weighted by Crippen LogP contribution is -2.07. The number of nitrogens with zero attached hydrogens (tertiary/aromatic N) is 5. The van der Waals surface area contributed by atoms with Gasteiger partial charge in [0.1, 0.15) is 0 Å². The summed E-state index contributed by atoms with van der Waals surface area (Å²) in [7, 11) is 1.66. The molecule has 0 aliphatic carbocycles. The van der Waals surface area contributed by atoms with Crippen molar-refractivity contribution < 1.29 is 10.0 Å². The van der Waals surface area contributed by atoms with Gasteiger partial charge in [-0.1, -0.05) is 24.3 Å². The van der Waals surface area contributed by atoms with Crippen molar-refractivity contribution in [3.05, 3.63) is 64.2 Å². The molecule has 0 unspecified atom stereocenters. The Balaban J connectivity index is 1.79. The number of benzene rings is 2.